The van der Waals surface area contributed by atoms with Gasteiger partial charge in [-0.1, -0.05) is 23.7 Å². The van der Waals surface area contributed by atoms with Crippen LogP contribution in [0.25, 0.3) is 0 Å². The van der Waals surface area contributed by atoms with Crippen LogP contribution in [0.2, 0.25) is 5.02 Å². The number of ether oxygens (including phenoxy) is 1. The number of amides is 1. The van der Waals surface area contributed by atoms with Crippen molar-refractivity contribution < 1.29 is 19.4 Å². The van der Waals surface area contributed by atoms with E-state index in [0.29, 0.717) is 29.6 Å². The van der Waals surface area contributed by atoms with Crippen molar-refractivity contribution in [3.05, 3.63) is 29.3 Å². The molecule has 0 heterocycles. The number of hydrogen-bond acceptors (Lipinski definition) is 4. The van der Waals surface area contributed by atoms with Crippen LogP contribution in [-0.2, 0) is 9.59 Å². The van der Waals surface area contributed by atoms with E-state index in [-0.39, 0.29) is 5.91 Å². The van der Waals surface area contributed by atoms with Crippen LogP contribution >= 0.6 is 23.4 Å². The molecule has 0 saturated carbocycles. The number of thioether (sulfide) groups is 1. The van der Waals surface area contributed by atoms with Crippen LogP contribution in [0.4, 0.5) is 0 Å². The smallest absolute Gasteiger partial charge is 0.326 e. The number of carboxylic acids is 1. The van der Waals surface area contributed by atoms with Crippen molar-refractivity contribution >= 4 is 35.2 Å². The molecular weight excluding hydrogens is 314 g/mol. The van der Waals surface area contributed by atoms with Crippen molar-refractivity contribution in [2.24, 2.45) is 0 Å². The predicted octanol–water partition coefficient (Wildman–Crippen LogP) is 2.43. The van der Waals surface area contributed by atoms with E-state index in [9.17, 15) is 9.59 Å². The van der Waals surface area contributed by atoms with Gasteiger partial charge in [0.15, 0.2) is 0 Å². The van der Waals surface area contributed by atoms with E-state index < -0.39 is 12.0 Å². The van der Waals surface area contributed by atoms with Gasteiger partial charge in [0.2, 0.25) is 5.91 Å². The molecule has 21 heavy (non-hydrogen) atoms. The molecule has 0 aliphatic rings. The predicted molar refractivity (Wildman–Crippen MR) is 84.1 cm³/mol. The first kappa shape index (κ1) is 17.7. The quantitative estimate of drug-likeness (QED) is 0.680. The van der Waals surface area contributed by atoms with Crippen molar-refractivity contribution in [3.8, 4) is 5.75 Å². The molecular formula is C14H18ClNO4S. The van der Waals surface area contributed by atoms with Gasteiger partial charge in [-0.2, -0.15) is 11.8 Å². The highest BCUT2D eigenvalue weighted by atomic mass is 35.5. The maximum absolute atomic E-state index is 10.9. The number of carboxylic acid groups (broad SMARTS) is 1. The van der Waals surface area contributed by atoms with E-state index in [0.717, 1.165) is 5.75 Å². The van der Waals surface area contributed by atoms with Crippen LogP contribution in [0.5, 0.6) is 5.75 Å². The Bertz CT molecular complexity index is 484. The minimum absolute atomic E-state index is 0.338. The summed E-state index contributed by atoms with van der Waals surface area (Å²) in [6, 6.07) is 6.40. The summed E-state index contributed by atoms with van der Waals surface area (Å²) < 4.78 is 5.52. The molecule has 1 aromatic carbocycles. The SMILES string of the molecule is CC(=O)NC(CCSCCOc1ccccc1Cl)C(=O)O. The first-order valence-corrected chi connectivity index (χ1v) is 7.99. The third-order valence-corrected chi connectivity index (χ3v) is 3.84. The highest BCUT2D eigenvalue weighted by Gasteiger charge is 2.17. The second-order valence-electron chi connectivity index (χ2n) is 4.27. The lowest BCUT2D eigenvalue weighted by Gasteiger charge is -2.13. The van der Waals surface area contributed by atoms with Gasteiger partial charge in [-0.15, -0.1) is 0 Å². The minimum atomic E-state index is -1.02. The number of nitrogens with one attached hydrogen (secondary N) is 1. The average molecular weight is 332 g/mol. The zero-order valence-corrected chi connectivity index (χ0v) is 13.2. The van der Waals surface area contributed by atoms with Gasteiger partial charge >= 0.3 is 5.97 Å². The number of rotatable bonds is 9. The number of carbonyl (C=O) groups is 2. The van der Waals surface area contributed by atoms with E-state index in [1.807, 2.05) is 12.1 Å². The fraction of sp³-hybridized carbons (Fsp3) is 0.429. The number of benzene rings is 1. The molecule has 1 amide bonds. The second kappa shape index (κ2) is 9.52. The van der Waals surface area contributed by atoms with Crippen molar-refractivity contribution in [2.75, 3.05) is 18.1 Å². The third kappa shape index (κ3) is 7.24. The molecule has 0 fully saturated rings. The lowest BCUT2D eigenvalue weighted by molar-refractivity contribution is -0.141. The molecule has 0 bridgehead atoms. The molecule has 5 nitrogen and oxygen atoms in total. The molecule has 1 aromatic rings. The standard InChI is InChI=1S/C14H18ClNO4S/c1-10(17)16-12(14(18)19)6-8-21-9-7-20-13-5-3-2-4-11(13)15/h2-5,12H,6-9H2,1H3,(H,16,17)(H,18,19). The van der Waals surface area contributed by atoms with Crippen molar-refractivity contribution in [1.82, 2.24) is 5.32 Å². The molecule has 116 valence electrons. The van der Waals surface area contributed by atoms with Crippen LogP contribution < -0.4 is 10.1 Å². The normalized spacial score (nSPS) is 11.7. The van der Waals surface area contributed by atoms with E-state index in [4.69, 9.17) is 21.4 Å². The molecule has 1 rings (SSSR count). The molecule has 1 atom stereocenters. The van der Waals surface area contributed by atoms with E-state index in [1.165, 1.54) is 6.92 Å². The largest absolute Gasteiger partial charge is 0.491 e. The van der Waals surface area contributed by atoms with Gasteiger partial charge in [-0.05, 0) is 24.3 Å². The molecule has 0 radical (unpaired) electrons. The lowest BCUT2D eigenvalue weighted by atomic mass is 10.2. The number of carbonyl (C=O) groups excluding carboxylic acids is 1. The van der Waals surface area contributed by atoms with Gasteiger partial charge < -0.3 is 15.2 Å². The zero-order valence-electron chi connectivity index (χ0n) is 11.7. The summed E-state index contributed by atoms with van der Waals surface area (Å²) >= 11 is 7.52. The Balaban J connectivity index is 2.18. The van der Waals surface area contributed by atoms with Crippen molar-refractivity contribution in [3.63, 3.8) is 0 Å². The molecule has 7 heteroatoms. The Kier molecular flexibility index (Phi) is 8.00. The second-order valence-corrected chi connectivity index (χ2v) is 5.90. The molecule has 0 aliphatic carbocycles. The number of hydrogen-bond donors (Lipinski definition) is 2. The molecule has 1 unspecified atom stereocenters. The Morgan fingerprint density at radius 3 is 2.71 bits per heavy atom. The molecule has 0 aliphatic heterocycles. The van der Waals surface area contributed by atoms with E-state index in [1.54, 1.807) is 23.9 Å². The monoisotopic (exact) mass is 331 g/mol. The first-order valence-electron chi connectivity index (χ1n) is 6.45. The van der Waals surface area contributed by atoms with Gasteiger partial charge in [-0.3, -0.25) is 4.79 Å². The van der Waals surface area contributed by atoms with Gasteiger partial charge in [0.1, 0.15) is 11.8 Å². The van der Waals surface area contributed by atoms with Crippen LogP contribution in [0.3, 0.4) is 0 Å². The molecule has 0 saturated heterocycles. The summed E-state index contributed by atoms with van der Waals surface area (Å²) in [6.07, 6.45) is 0.381. The summed E-state index contributed by atoms with van der Waals surface area (Å²) in [5, 5.41) is 11.9. The van der Waals surface area contributed by atoms with Gasteiger partial charge in [-0.25, -0.2) is 4.79 Å². The minimum Gasteiger partial charge on any atom is -0.491 e. The zero-order chi connectivity index (χ0) is 15.7. The molecule has 2 N–H and O–H groups in total. The summed E-state index contributed by atoms with van der Waals surface area (Å²) in [6.45, 7) is 1.80. The average Bonchev–Trinajstić information content (AvgIpc) is 2.42. The topological polar surface area (TPSA) is 75.6 Å². The Labute approximate surface area is 133 Å². The number of para-hydroxylation sites is 1. The van der Waals surface area contributed by atoms with E-state index in [2.05, 4.69) is 5.32 Å². The maximum Gasteiger partial charge on any atom is 0.326 e. The summed E-state index contributed by atoms with van der Waals surface area (Å²) in [7, 11) is 0. The maximum atomic E-state index is 10.9. The Morgan fingerprint density at radius 1 is 1.38 bits per heavy atom. The fourth-order valence-electron chi connectivity index (χ4n) is 1.58. The number of halogens is 1. The first-order chi connectivity index (χ1) is 10.0. The van der Waals surface area contributed by atoms with Crippen LogP contribution in [0.15, 0.2) is 24.3 Å². The third-order valence-electron chi connectivity index (χ3n) is 2.55. The van der Waals surface area contributed by atoms with Crippen LogP contribution in [-0.4, -0.2) is 41.1 Å². The van der Waals surface area contributed by atoms with Gasteiger partial charge in [0, 0.05) is 12.7 Å². The van der Waals surface area contributed by atoms with Gasteiger partial charge in [0.25, 0.3) is 0 Å². The van der Waals surface area contributed by atoms with Crippen molar-refractivity contribution in [1.29, 1.82) is 0 Å². The van der Waals surface area contributed by atoms with E-state index >= 15 is 0 Å². The number of aliphatic carboxylic acids is 1. The van der Waals surface area contributed by atoms with Crippen LogP contribution in [0.1, 0.15) is 13.3 Å². The van der Waals surface area contributed by atoms with Crippen LogP contribution in [0, 0.1) is 0 Å². The van der Waals surface area contributed by atoms with Gasteiger partial charge in [0.05, 0.1) is 11.6 Å². The molecule has 0 spiro atoms. The highest BCUT2D eigenvalue weighted by molar-refractivity contribution is 7.99. The van der Waals surface area contributed by atoms with Crippen molar-refractivity contribution in [2.45, 2.75) is 19.4 Å². The Morgan fingerprint density at radius 2 is 2.10 bits per heavy atom. The summed E-state index contributed by atoms with van der Waals surface area (Å²) in [5.41, 5.74) is 0. The Hall–Kier alpha value is -1.40. The summed E-state index contributed by atoms with van der Waals surface area (Å²) in [5.74, 6) is 0.634. The lowest BCUT2D eigenvalue weighted by Crippen LogP contribution is -2.39. The fourth-order valence-corrected chi connectivity index (χ4v) is 2.58. The molecule has 0 aromatic heterocycles. The highest BCUT2D eigenvalue weighted by Crippen LogP contribution is 2.23. The summed E-state index contributed by atoms with van der Waals surface area (Å²) in [4.78, 5) is 21.8.